The van der Waals surface area contributed by atoms with Gasteiger partial charge in [0.2, 0.25) is 5.91 Å². The Kier molecular flexibility index (Phi) is 9.00. The first-order chi connectivity index (χ1) is 18.3. The van der Waals surface area contributed by atoms with Crippen molar-refractivity contribution >= 4 is 77.2 Å². The molecule has 18 heteroatoms. The van der Waals surface area contributed by atoms with Gasteiger partial charge in [0.05, 0.1) is 17.6 Å². The highest BCUT2D eigenvalue weighted by molar-refractivity contribution is 14.1. The normalized spacial score (nSPS) is 27.9. The average Bonchev–Trinajstić information content (AvgIpc) is 2.77. The van der Waals surface area contributed by atoms with Gasteiger partial charge in [-0.15, -0.1) is 0 Å². The first-order valence-electron chi connectivity index (χ1n) is 11.9. The molecular formula is C22H24F3I2NO10S2. The predicted molar refractivity (Wildman–Crippen MR) is 147 cm³/mol. The van der Waals surface area contributed by atoms with Gasteiger partial charge in [0.15, 0.2) is 6.61 Å². The van der Waals surface area contributed by atoms with Crippen LogP contribution in [0, 0.1) is 24.4 Å². The summed E-state index contributed by atoms with van der Waals surface area (Å²) in [4.78, 5) is 24.7. The van der Waals surface area contributed by atoms with Crippen LogP contribution in [-0.2, 0) is 39.2 Å². The summed E-state index contributed by atoms with van der Waals surface area (Å²) < 4.78 is 112. The minimum atomic E-state index is -5.83. The number of amides is 1. The largest absolute Gasteiger partial charge is 0.516 e. The van der Waals surface area contributed by atoms with Crippen molar-refractivity contribution in [3.8, 4) is 5.75 Å². The first kappa shape index (κ1) is 32.0. The molecule has 224 valence electrons. The zero-order chi connectivity index (χ0) is 29.7. The Hall–Kier alpha value is -0.970. The summed E-state index contributed by atoms with van der Waals surface area (Å²) in [7, 11) is -10.3. The number of carbonyl (C=O) groups is 2. The summed E-state index contributed by atoms with van der Waals surface area (Å²) in [6, 6.07) is 2.67. The molecule has 11 nitrogen and oxygen atoms in total. The molecule has 0 spiro atoms. The van der Waals surface area contributed by atoms with Gasteiger partial charge in [-0.2, -0.15) is 30.0 Å². The van der Waals surface area contributed by atoms with Gasteiger partial charge in [-0.1, -0.05) is 0 Å². The molecule has 4 fully saturated rings. The minimum absolute atomic E-state index is 0.00524. The van der Waals surface area contributed by atoms with E-state index >= 15 is 0 Å². The molecule has 40 heavy (non-hydrogen) atoms. The zero-order valence-corrected chi connectivity index (χ0v) is 26.4. The van der Waals surface area contributed by atoms with Crippen molar-refractivity contribution in [2.24, 2.45) is 17.3 Å². The number of hydrogen-bond acceptors (Lipinski definition) is 9. The van der Waals surface area contributed by atoms with E-state index in [1.54, 1.807) is 45.2 Å². The van der Waals surface area contributed by atoms with Gasteiger partial charge in [0, 0.05) is 7.14 Å². The second-order valence-corrected chi connectivity index (χ2v) is 15.7. The molecule has 1 aromatic rings. The van der Waals surface area contributed by atoms with E-state index in [1.165, 1.54) is 16.9 Å². The first-order valence-corrected chi connectivity index (χ1v) is 17.0. The molecule has 0 radical (unpaired) electrons. The summed E-state index contributed by atoms with van der Waals surface area (Å²) in [5, 5.41) is 0. The highest BCUT2D eigenvalue weighted by Crippen LogP contribution is 2.63. The van der Waals surface area contributed by atoms with Crippen molar-refractivity contribution < 1.29 is 58.4 Å². The summed E-state index contributed by atoms with van der Waals surface area (Å²) in [6.07, 6.45) is 2.55. The van der Waals surface area contributed by atoms with E-state index in [1.807, 2.05) is 0 Å². The predicted octanol–water partition coefficient (Wildman–Crippen LogP) is 3.39. The van der Waals surface area contributed by atoms with Crippen LogP contribution < -0.4 is 9.46 Å². The molecule has 4 saturated carbocycles. The Morgan fingerprint density at radius 1 is 1.02 bits per heavy atom. The number of nitrogens with one attached hydrogen (secondary N) is 1. The lowest BCUT2D eigenvalue weighted by Gasteiger charge is -2.60. The fourth-order valence-corrected chi connectivity index (χ4v) is 10.9. The van der Waals surface area contributed by atoms with Gasteiger partial charge in [-0.3, -0.25) is 9.35 Å². The van der Waals surface area contributed by atoms with Gasteiger partial charge in [-0.05, 0) is 108 Å². The fourth-order valence-electron chi connectivity index (χ4n) is 6.37. The number of carbonyl (C=O) groups excluding carboxylic acids is 2. The van der Waals surface area contributed by atoms with E-state index < -0.39 is 55.1 Å². The Morgan fingerprint density at radius 2 is 1.60 bits per heavy atom. The van der Waals surface area contributed by atoms with Crippen LogP contribution in [0.15, 0.2) is 17.0 Å². The quantitative estimate of drug-likeness (QED) is 0.155. The topological polar surface area (TPSA) is 162 Å². The van der Waals surface area contributed by atoms with Crippen LogP contribution in [0.5, 0.6) is 5.75 Å². The van der Waals surface area contributed by atoms with Crippen LogP contribution in [-0.4, -0.2) is 64.2 Å². The van der Waals surface area contributed by atoms with Crippen molar-refractivity contribution in [3.05, 3.63) is 19.3 Å². The van der Waals surface area contributed by atoms with Crippen LogP contribution in [0.3, 0.4) is 0 Å². The van der Waals surface area contributed by atoms with Gasteiger partial charge in [0.1, 0.15) is 17.3 Å². The van der Waals surface area contributed by atoms with Crippen LogP contribution >= 0.6 is 45.2 Å². The van der Waals surface area contributed by atoms with Gasteiger partial charge in [-0.25, -0.2) is 9.52 Å². The maximum atomic E-state index is 12.8. The monoisotopic (exact) mass is 837 g/mol. The van der Waals surface area contributed by atoms with Crippen LogP contribution in [0.2, 0.25) is 0 Å². The third-order valence-electron chi connectivity index (χ3n) is 7.36. The molecule has 5 rings (SSSR count). The second kappa shape index (κ2) is 11.3. The summed E-state index contributed by atoms with van der Waals surface area (Å²) in [5.41, 5.74) is -7.73. The SMILES string of the molecule is O=C(COc1cc(I)c(S(=O)(=O)O)c(I)c1)OCCOC12CC3CC(C1)CC(C(=O)NS(=O)(=O)C(F)(F)F)(C3)C2. The lowest BCUT2D eigenvalue weighted by Crippen LogP contribution is -2.62. The number of rotatable bonds is 10. The number of ether oxygens (including phenoxy) is 3. The van der Waals surface area contributed by atoms with Crippen molar-refractivity contribution in [1.82, 2.24) is 4.72 Å². The molecule has 2 unspecified atom stereocenters. The standard InChI is InChI=1S/C22H24F3I2NO10S2/c23-22(24,25)40(34,35)28-19(30)20-6-12-3-13(7-20)9-21(8-12,11-20)38-2-1-36-17(29)10-37-14-4-15(26)18(16(27)5-14)39(31,32)33/h4-5,12-13H,1-3,6-11H2,(H,28,30)(H,31,32,33). The third kappa shape index (κ3) is 6.81. The Bertz CT molecular complexity index is 1380. The van der Waals surface area contributed by atoms with Crippen LogP contribution in [0.25, 0.3) is 0 Å². The molecular weight excluding hydrogens is 813 g/mol. The van der Waals surface area contributed by atoms with Gasteiger partial charge in [0.25, 0.3) is 10.1 Å². The van der Waals surface area contributed by atoms with E-state index in [4.69, 9.17) is 14.2 Å². The highest BCUT2D eigenvalue weighted by atomic mass is 127. The van der Waals surface area contributed by atoms with Crippen molar-refractivity contribution in [3.63, 3.8) is 0 Å². The zero-order valence-electron chi connectivity index (χ0n) is 20.5. The van der Waals surface area contributed by atoms with Gasteiger partial charge >= 0.3 is 21.5 Å². The Morgan fingerprint density at radius 3 is 2.12 bits per heavy atom. The number of sulfonamides is 1. The molecule has 2 N–H and O–H groups in total. The Labute approximate surface area is 255 Å². The summed E-state index contributed by atoms with van der Waals surface area (Å²) in [5.74, 6) is -1.74. The molecule has 0 heterocycles. The van der Waals surface area contributed by atoms with E-state index in [9.17, 15) is 44.1 Å². The molecule has 0 saturated heterocycles. The minimum Gasteiger partial charge on any atom is -0.482 e. The summed E-state index contributed by atoms with van der Waals surface area (Å²) >= 11 is 3.42. The molecule has 4 aliphatic carbocycles. The molecule has 4 bridgehead atoms. The molecule has 4 aliphatic rings. The lowest BCUT2D eigenvalue weighted by atomic mass is 9.47. The lowest BCUT2D eigenvalue weighted by molar-refractivity contribution is -0.200. The highest BCUT2D eigenvalue weighted by Gasteiger charge is 2.62. The van der Waals surface area contributed by atoms with E-state index in [0.717, 1.165) is 6.42 Å². The van der Waals surface area contributed by atoms with Crippen molar-refractivity contribution in [2.75, 3.05) is 19.8 Å². The average molecular weight is 837 g/mol. The maximum absolute atomic E-state index is 12.8. The van der Waals surface area contributed by atoms with Crippen LogP contribution in [0.4, 0.5) is 13.2 Å². The molecule has 0 aliphatic heterocycles. The number of benzene rings is 1. The fraction of sp³-hybridized carbons (Fsp3) is 0.636. The maximum Gasteiger partial charge on any atom is 0.516 e. The number of alkyl halides is 3. The van der Waals surface area contributed by atoms with Gasteiger partial charge < -0.3 is 14.2 Å². The number of hydrogen-bond donors (Lipinski definition) is 2. The Balaban J connectivity index is 1.30. The van der Waals surface area contributed by atoms with Crippen molar-refractivity contribution in [2.45, 2.75) is 54.5 Å². The van der Waals surface area contributed by atoms with Crippen molar-refractivity contribution in [1.29, 1.82) is 0 Å². The number of esters is 1. The third-order valence-corrected chi connectivity index (χ3v) is 11.8. The summed E-state index contributed by atoms with van der Waals surface area (Å²) in [6.45, 7) is -0.718. The number of halogens is 5. The van der Waals surface area contributed by atoms with E-state index in [-0.39, 0.29) is 62.1 Å². The smallest absolute Gasteiger partial charge is 0.482 e. The molecule has 2 atom stereocenters. The molecule has 1 aromatic carbocycles. The van der Waals surface area contributed by atoms with Crippen LogP contribution in [0.1, 0.15) is 38.5 Å². The molecule has 1 amide bonds. The second-order valence-electron chi connectivity index (χ2n) is 10.4. The van der Waals surface area contributed by atoms with E-state index in [0.29, 0.717) is 12.8 Å². The van der Waals surface area contributed by atoms with E-state index in [2.05, 4.69) is 0 Å². The molecule has 0 aromatic heterocycles.